The van der Waals surface area contributed by atoms with Crippen molar-refractivity contribution in [2.75, 3.05) is 16.8 Å². The lowest BCUT2D eigenvalue weighted by molar-refractivity contribution is -0.122. The maximum atomic E-state index is 12.9. The molecule has 4 nitrogen and oxygen atoms in total. The number of amides is 2. The molecule has 1 N–H and O–H groups in total. The summed E-state index contributed by atoms with van der Waals surface area (Å²) >= 11 is 3.44. The number of hydrogen-bond donors (Lipinski definition) is 1. The van der Waals surface area contributed by atoms with Crippen LogP contribution in [0.1, 0.15) is 12.0 Å². The number of anilines is 2. The second-order valence-corrected chi connectivity index (χ2v) is 6.69. The second-order valence-electron chi connectivity index (χ2n) is 5.84. The van der Waals surface area contributed by atoms with Gasteiger partial charge in [0.05, 0.1) is 5.92 Å². The zero-order valence-corrected chi connectivity index (χ0v) is 14.6. The van der Waals surface area contributed by atoms with Gasteiger partial charge in [-0.2, -0.15) is 0 Å². The maximum absolute atomic E-state index is 12.9. The van der Waals surface area contributed by atoms with E-state index in [-0.39, 0.29) is 24.1 Å². The molecule has 2 aromatic carbocycles. The van der Waals surface area contributed by atoms with Crippen molar-refractivity contribution in [1.82, 2.24) is 0 Å². The quantitative estimate of drug-likeness (QED) is 0.863. The van der Waals surface area contributed by atoms with Gasteiger partial charge in [-0.05, 0) is 55.0 Å². The van der Waals surface area contributed by atoms with Gasteiger partial charge in [-0.1, -0.05) is 15.9 Å². The van der Waals surface area contributed by atoms with E-state index >= 15 is 0 Å². The van der Waals surface area contributed by atoms with Crippen molar-refractivity contribution in [2.24, 2.45) is 5.92 Å². The lowest BCUT2D eigenvalue weighted by atomic mass is 10.1. The van der Waals surface area contributed by atoms with Crippen molar-refractivity contribution >= 4 is 39.1 Å². The summed E-state index contributed by atoms with van der Waals surface area (Å²) in [4.78, 5) is 26.3. The molecule has 1 heterocycles. The molecule has 0 saturated carbocycles. The van der Waals surface area contributed by atoms with E-state index in [1.165, 1.54) is 24.3 Å². The number of aryl methyl sites for hydroxylation is 1. The van der Waals surface area contributed by atoms with E-state index in [0.717, 1.165) is 15.7 Å². The van der Waals surface area contributed by atoms with Crippen LogP contribution >= 0.6 is 15.9 Å². The summed E-state index contributed by atoms with van der Waals surface area (Å²) in [5.41, 5.74) is 2.34. The van der Waals surface area contributed by atoms with Gasteiger partial charge < -0.3 is 10.2 Å². The van der Waals surface area contributed by atoms with E-state index in [1.54, 1.807) is 4.90 Å². The van der Waals surface area contributed by atoms with Gasteiger partial charge in [-0.15, -0.1) is 0 Å². The predicted octanol–water partition coefficient (Wildman–Crippen LogP) is 3.89. The fourth-order valence-electron chi connectivity index (χ4n) is 2.71. The lowest BCUT2D eigenvalue weighted by Crippen LogP contribution is -2.28. The molecule has 6 heteroatoms. The highest BCUT2D eigenvalue weighted by atomic mass is 79.9. The number of carbonyl (C=O) groups is 2. The SMILES string of the molecule is Cc1cc(N2CC(C(=O)Nc3ccc(F)cc3)CC2=O)ccc1Br. The molecule has 1 saturated heterocycles. The molecule has 0 radical (unpaired) electrons. The van der Waals surface area contributed by atoms with Gasteiger partial charge in [0.25, 0.3) is 0 Å². The van der Waals surface area contributed by atoms with Crippen LogP contribution in [0.3, 0.4) is 0 Å². The lowest BCUT2D eigenvalue weighted by Gasteiger charge is -2.17. The Morgan fingerprint density at radius 3 is 2.62 bits per heavy atom. The van der Waals surface area contributed by atoms with E-state index in [0.29, 0.717) is 12.2 Å². The Morgan fingerprint density at radius 1 is 1.25 bits per heavy atom. The molecule has 0 bridgehead atoms. The zero-order valence-electron chi connectivity index (χ0n) is 13.1. The van der Waals surface area contributed by atoms with Crippen molar-refractivity contribution in [1.29, 1.82) is 0 Å². The van der Waals surface area contributed by atoms with E-state index in [9.17, 15) is 14.0 Å². The maximum Gasteiger partial charge on any atom is 0.229 e. The molecule has 124 valence electrons. The second kappa shape index (κ2) is 6.73. The molecule has 3 rings (SSSR count). The third kappa shape index (κ3) is 3.48. The number of rotatable bonds is 3. The van der Waals surface area contributed by atoms with Crippen molar-refractivity contribution in [3.8, 4) is 0 Å². The van der Waals surface area contributed by atoms with Crippen LogP contribution in [0.4, 0.5) is 15.8 Å². The van der Waals surface area contributed by atoms with Gasteiger partial charge in [0.1, 0.15) is 5.82 Å². The van der Waals surface area contributed by atoms with Crippen LogP contribution in [0.25, 0.3) is 0 Å². The summed E-state index contributed by atoms with van der Waals surface area (Å²) in [6.07, 6.45) is 0.169. The molecule has 0 spiro atoms. The van der Waals surface area contributed by atoms with Crippen LogP contribution < -0.4 is 10.2 Å². The van der Waals surface area contributed by atoms with Gasteiger partial charge in [0.15, 0.2) is 0 Å². The summed E-state index contributed by atoms with van der Waals surface area (Å²) in [5, 5.41) is 2.73. The Bertz CT molecular complexity index is 792. The number of halogens is 2. The summed E-state index contributed by atoms with van der Waals surface area (Å²) < 4.78 is 13.9. The number of hydrogen-bond acceptors (Lipinski definition) is 2. The van der Waals surface area contributed by atoms with Crippen molar-refractivity contribution in [2.45, 2.75) is 13.3 Å². The van der Waals surface area contributed by atoms with E-state index in [4.69, 9.17) is 0 Å². The van der Waals surface area contributed by atoms with Crippen LogP contribution in [0.5, 0.6) is 0 Å². The first-order chi connectivity index (χ1) is 11.4. The number of nitrogens with one attached hydrogen (secondary N) is 1. The Hall–Kier alpha value is -2.21. The molecule has 0 aromatic heterocycles. The molecule has 1 atom stereocenters. The van der Waals surface area contributed by atoms with Gasteiger partial charge in [-0.25, -0.2) is 4.39 Å². The Balaban J connectivity index is 1.70. The number of benzene rings is 2. The van der Waals surface area contributed by atoms with E-state index < -0.39 is 5.92 Å². The smallest absolute Gasteiger partial charge is 0.229 e. The molecular formula is C18H16BrFN2O2. The standard InChI is InChI=1S/C18H16BrFN2O2/c1-11-8-15(6-7-16(11)19)22-10-12(9-17(22)23)18(24)21-14-4-2-13(20)3-5-14/h2-8,12H,9-10H2,1H3,(H,21,24). The molecule has 1 unspecified atom stereocenters. The molecule has 1 aliphatic heterocycles. The fourth-order valence-corrected chi connectivity index (χ4v) is 2.95. The largest absolute Gasteiger partial charge is 0.326 e. The minimum atomic E-state index is -0.425. The summed E-state index contributed by atoms with van der Waals surface area (Å²) in [6.45, 7) is 2.29. The van der Waals surface area contributed by atoms with Crippen molar-refractivity contribution in [3.63, 3.8) is 0 Å². The molecule has 1 fully saturated rings. The summed E-state index contributed by atoms with van der Waals surface area (Å²) in [7, 11) is 0. The Kier molecular flexibility index (Phi) is 4.66. The highest BCUT2D eigenvalue weighted by molar-refractivity contribution is 9.10. The van der Waals surface area contributed by atoms with Gasteiger partial charge >= 0.3 is 0 Å². The van der Waals surface area contributed by atoms with Crippen molar-refractivity contribution in [3.05, 3.63) is 58.3 Å². The number of nitrogens with zero attached hydrogens (tertiary/aromatic N) is 1. The first-order valence-electron chi connectivity index (χ1n) is 7.57. The molecule has 24 heavy (non-hydrogen) atoms. The molecule has 2 aromatic rings. The minimum Gasteiger partial charge on any atom is -0.326 e. The Labute approximate surface area is 147 Å². The third-order valence-corrected chi connectivity index (χ3v) is 4.95. The topological polar surface area (TPSA) is 49.4 Å². The van der Waals surface area contributed by atoms with E-state index in [2.05, 4.69) is 21.2 Å². The van der Waals surface area contributed by atoms with Gasteiger partial charge in [0, 0.05) is 28.8 Å². The van der Waals surface area contributed by atoms with Crippen LogP contribution in [-0.4, -0.2) is 18.4 Å². The zero-order chi connectivity index (χ0) is 17.3. The number of carbonyl (C=O) groups excluding carboxylic acids is 2. The molecule has 1 aliphatic rings. The van der Waals surface area contributed by atoms with Crippen LogP contribution in [0, 0.1) is 18.7 Å². The average molecular weight is 391 g/mol. The molecule has 0 aliphatic carbocycles. The normalized spacial score (nSPS) is 17.2. The van der Waals surface area contributed by atoms with Gasteiger partial charge in [-0.3, -0.25) is 9.59 Å². The minimum absolute atomic E-state index is 0.0732. The summed E-state index contributed by atoms with van der Waals surface area (Å²) in [5.74, 6) is -1.09. The third-order valence-electron chi connectivity index (χ3n) is 4.06. The van der Waals surface area contributed by atoms with Crippen LogP contribution in [0.2, 0.25) is 0 Å². The first-order valence-corrected chi connectivity index (χ1v) is 8.36. The fraction of sp³-hybridized carbons (Fsp3) is 0.222. The summed E-state index contributed by atoms with van der Waals surface area (Å²) in [6, 6.07) is 11.2. The predicted molar refractivity (Wildman–Crippen MR) is 94.4 cm³/mol. The van der Waals surface area contributed by atoms with Crippen LogP contribution in [0.15, 0.2) is 46.9 Å². The molecular weight excluding hydrogens is 375 g/mol. The van der Waals surface area contributed by atoms with Crippen LogP contribution in [-0.2, 0) is 9.59 Å². The average Bonchev–Trinajstić information content (AvgIpc) is 2.94. The van der Waals surface area contributed by atoms with Gasteiger partial charge in [0.2, 0.25) is 11.8 Å². The monoisotopic (exact) mass is 390 g/mol. The highest BCUT2D eigenvalue weighted by Gasteiger charge is 2.35. The highest BCUT2D eigenvalue weighted by Crippen LogP contribution is 2.29. The van der Waals surface area contributed by atoms with E-state index in [1.807, 2.05) is 25.1 Å². The Morgan fingerprint density at radius 2 is 1.96 bits per heavy atom. The molecule has 2 amide bonds. The van der Waals surface area contributed by atoms with Crippen molar-refractivity contribution < 1.29 is 14.0 Å². The first kappa shape index (κ1) is 16.6.